The number of aromatic nitrogens is 2. The van der Waals surface area contributed by atoms with Crippen molar-refractivity contribution in [1.82, 2.24) is 9.55 Å². The number of imidazole rings is 1. The number of para-hydroxylation sites is 1. The average molecular weight is 267 g/mol. The third-order valence-corrected chi connectivity index (χ3v) is 3.23. The van der Waals surface area contributed by atoms with Crippen molar-refractivity contribution in [1.29, 1.82) is 0 Å². The maximum absolute atomic E-state index is 6.10. The first kappa shape index (κ1) is 12.5. The molecule has 4 nitrogen and oxygen atoms in total. The molecule has 20 heavy (non-hydrogen) atoms. The number of ether oxygens (including phenoxy) is 1. The van der Waals surface area contributed by atoms with Crippen LogP contribution in [0.25, 0.3) is 16.7 Å². The molecule has 3 rings (SSSR count). The van der Waals surface area contributed by atoms with Gasteiger partial charge in [-0.25, -0.2) is 4.98 Å². The van der Waals surface area contributed by atoms with Gasteiger partial charge in [-0.2, -0.15) is 0 Å². The summed E-state index contributed by atoms with van der Waals surface area (Å²) in [7, 11) is 0. The lowest BCUT2D eigenvalue weighted by atomic mass is 10.2. The molecule has 4 heteroatoms. The molecule has 0 bridgehead atoms. The molecular weight excluding hydrogens is 250 g/mol. The van der Waals surface area contributed by atoms with Gasteiger partial charge in [0.25, 0.3) is 0 Å². The van der Waals surface area contributed by atoms with Crippen molar-refractivity contribution in [2.24, 2.45) is 0 Å². The van der Waals surface area contributed by atoms with E-state index in [9.17, 15) is 0 Å². The number of nitrogens with two attached hydrogens (primary N) is 1. The Balaban J connectivity index is 2.26. The number of fused-ring (bicyclic) bond motifs is 1. The average Bonchev–Trinajstić information content (AvgIpc) is 2.76. The van der Waals surface area contributed by atoms with Crippen molar-refractivity contribution in [3.8, 4) is 11.4 Å². The quantitative estimate of drug-likeness (QED) is 0.792. The maximum atomic E-state index is 6.10. The Bertz CT molecular complexity index is 762. The van der Waals surface area contributed by atoms with E-state index in [1.165, 1.54) is 5.56 Å². The minimum absolute atomic E-state index is 0.470. The van der Waals surface area contributed by atoms with Crippen LogP contribution in [0.15, 0.2) is 42.5 Å². The van der Waals surface area contributed by atoms with Crippen LogP contribution in [0, 0.1) is 6.92 Å². The van der Waals surface area contributed by atoms with Crippen molar-refractivity contribution < 1.29 is 4.74 Å². The van der Waals surface area contributed by atoms with Gasteiger partial charge in [-0.05, 0) is 43.7 Å². The van der Waals surface area contributed by atoms with Crippen molar-refractivity contribution >= 4 is 17.0 Å². The molecule has 0 amide bonds. The van der Waals surface area contributed by atoms with Crippen LogP contribution < -0.4 is 10.5 Å². The largest absolute Gasteiger partial charge is 0.492 e. The first-order chi connectivity index (χ1) is 9.70. The van der Waals surface area contributed by atoms with Crippen molar-refractivity contribution in [2.75, 3.05) is 12.3 Å². The lowest BCUT2D eigenvalue weighted by Gasteiger charge is -2.08. The molecule has 0 radical (unpaired) electrons. The number of hydrogen-bond acceptors (Lipinski definition) is 3. The SMILES string of the molecule is CCOc1cccc2c1nc(N)n2-c1cccc(C)c1. The molecule has 0 saturated carbocycles. The Hall–Kier alpha value is -2.49. The summed E-state index contributed by atoms with van der Waals surface area (Å²) in [6.07, 6.45) is 0. The Morgan fingerprint density at radius 1 is 1.20 bits per heavy atom. The minimum atomic E-state index is 0.470. The number of rotatable bonds is 3. The van der Waals surface area contributed by atoms with Crippen LogP contribution in [0.1, 0.15) is 12.5 Å². The summed E-state index contributed by atoms with van der Waals surface area (Å²) in [5.41, 5.74) is 10.1. The number of nitrogen functional groups attached to an aromatic ring is 1. The Kier molecular flexibility index (Phi) is 3.06. The highest BCUT2D eigenvalue weighted by Crippen LogP contribution is 2.29. The summed E-state index contributed by atoms with van der Waals surface area (Å²) in [5.74, 6) is 1.24. The van der Waals surface area contributed by atoms with Gasteiger partial charge in [-0.3, -0.25) is 4.57 Å². The van der Waals surface area contributed by atoms with E-state index in [1.807, 2.05) is 41.8 Å². The molecule has 0 unspecified atom stereocenters. The molecule has 2 aromatic carbocycles. The van der Waals surface area contributed by atoms with Gasteiger partial charge in [-0.15, -0.1) is 0 Å². The van der Waals surface area contributed by atoms with Crippen molar-refractivity contribution in [3.05, 3.63) is 48.0 Å². The monoisotopic (exact) mass is 267 g/mol. The predicted octanol–water partition coefficient (Wildman–Crippen LogP) is 3.31. The summed E-state index contributed by atoms with van der Waals surface area (Å²) in [6.45, 7) is 4.63. The smallest absolute Gasteiger partial charge is 0.206 e. The van der Waals surface area contributed by atoms with Gasteiger partial charge in [0.1, 0.15) is 11.3 Å². The first-order valence-electron chi connectivity index (χ1n) is 6.67. The normalized spacial score (nSPS) is 10.9. The zero-order chi connectivity index (χ0) is 14.1. The summed E-state index contributed by atoms with van der Waals surface area (Å²) in [4.78, 5) is 4.45. The number of hydrogen-bond donors (Lipinski definition) is 1. The molecule has 0 atom stereocenters. The number of aryl methyl sites for hydroxylation is 1. The van der Waals surface area contributed by atoms with Crippen LogP contribution in [-0.4, -0.2) is 16.2 Å². The molecule has 0 aliphatic rings. The zero-order valence-electron chi connectivity index (χ0n) is 11.6. The van der Waals surface area contributed by atoms with Gasteiger partial charge in [0.05, 0.1) is 12.1 Å². The van der Waals surface area contributed by atoms with E-state index in [2.05, 4.69) is 24.0 Å². The van der Waals surface area contributed by atoms with Crippen LogP contribution in [0.5, 0.6) is 5.75 Å². The molecule has 0 fully saturated rings. The number of nitrogens with zero attached hydrogens (tertiary/aromatic N) is 2. The summed E-state index contributed by atoms with van der Waals surface area (Å²) >= 11 is 0. The lowest BCUT2D eigenvalue weighted by molar-refractivity contribution is 0.344. The van der Waals surface area contributed by atoms with Gasteiger partial charge in [-0.1, -0.05) is 18.2 Å². The van der Waals surface area contributed by atoms with E-state index in [0.717, 1.165) is 22.5 Å². The van der Waals surface area contributed by atoms with Crippen LogP contribution >= 0.6 is 0 Å². The highest BCUT2D eigenvalue weighted by molar-refractivity contribution is 5.86. The Morgan fingerprint density at radius 3 is 2.75 bits per heavy atom. The highest BCUT2D eigenvalue weighted by Gasteiger charge is 2.13. The standard InChI is InChI=1S/C16H17N3O/c1-3-20-14-9-5-8-13-15(14)18-16(17)19(13)12-7-4-6-11(2)10-12/h4-10H,3H2,1-2H3,(H2,17,18). The molecule has 102 valence electrons. The fourth-order valence-electron chi connectivity index (χ4n) is 2.40. The third kappa shape index (κ3) is 1.99. The summed E-state index contributed by atoms with van der Waals surface area (Å²) in [5, 5.41) is 0. The molecule has 1 heterocycles. The second-order valence-electron chi connectivity index (χ2n) is 4.70. The van der Waals surface area contributed by atoms with E-state index < -0.39 is 0 Å². The highest BCUT2D eigenvalue weighted by atomic mass is 16.5. The van der Waals surface area contributed by atoms with Gasteiger partial charge in [0, 0.05) is 5.69 Å². The van der Waals surface area contributed by atoms with Gasteiger partial charge >= 0.3 is 0 Å². The van der Waals surface area contributed by atoms with Gasteiger partial charge in [0.15, 0.2) is 0 Å². The number of anilines is 1. The topological polar surface area (TPSA) is 53.1 Å². The van der Waals surface area contributed by atoms with E-state index in [1.54, 1.807) is 0 Å². The lowest BCUT2D eigenvalue weighted by Crippen LogP contribution is -2.00. The maximum Gasteiger partial charge on any atom is 0.206 e. The van der Waals surface area contributed by atoms with Gasteiger partial charge < -0.3 is 10.5 Å². The number of benzene rings is 2. The Morgan fingerprint density at radius 2 is 2.00 bits per heavy atom. The second-order valence-corrected chi connectivity index (χ2v) is 4.70. The molecule has 1 aromatic heterocycles. The zero-order valence-corrected chi connectivity index (χ0v) is 11.6. The van der Waals surface area contributed by atoms with E-state index >= 15 is 0 Å². The van der Waals surface area contributed by atoms with Crippen LogP contribution in [0.3, 0.4) is 0 Å². The van der Waals surface area contributed by atoms with E-state index in [0.29, 0.717) is 12.6 Å². The van der Waals surface area contributed by atoms with Crippen LogP contribution in [0.2, 0.25) is 0 Å². The predicted molar refractivity (Wildman–Crippen MR) is 81.4 cm³/mol. The molecule has 3 aromatic rings. The summed E-state index contributed by atoms with van der Waals surface area (Å²) in [6, 6.07) is 14.1. The molecule has 0 saturated heterocycles. The summed E-state index contributed by atoms with van der Waals surface area (Å²) < 4.78 is 7.56. The van der Waals surface area contributed by atoms with E-state index in [4.69, 9.17) is 10.5 Å². The van der Waals surface area contributed by atoms with E-state index in [-0.39, 0.29) is 0 Å². The molecule has 0 spiro atoms. The Labute approximate surface area is 117 Å². The molecular formula is C16H17N3O. The minimum Gasteiger partial charge on any atom is -0.492 e. The van der Waals surface area contributed by atoms with Crippen molar-refractivity contribution in [2.45, 2.75) is 13.8 Å². The van der Waals surface area contributed by atoms with Crippen molar-refractivity contribution in [3.63, 3.8) is 0 Å². The van der Waals surface area contributed by atoms with Crippen LogP contribution in [-0.2, 0) is 0 Å². The fourth-order valence-corrected chi connectivity index (χ4v) is 2.40. The van der Waals surface area contributed by atoms with Gasteiger partial charge in [0.2, 0.25) is 5.95 Å². The molecule has 0 aliphatic carbocycles. The molecule has 0 aliphatic heterocycles. The first-order valence-corrected chi connectivity index (χ1v) is 6.67. The fraction of sp³-hybridized carbons (Fsp3) is 0.188. The second kappa shape index (κ2) is 4.89. The van der Waals surface area contributed by atoms with Crippen LogP contribution in [0.4, 0.5) is 5.95 Å². The molecule has 2 N–H and O–H groups in total. The third-order valence-electron chi connectivity index (χ3n) is 3.23.